The number of hydrogen-bond donors (Lipinski definition) is 1. The number of methoxy groups -OCH3 is 1. The topological polar surface area (TPSA) is 80.3 Å². The van der Waals surface area contributed by atoms with Crippen molar-refractivity contribution < 1.29 is 9.47 Å². The molecule has 162 valence electrons. The zero-order chi connectivity index (χ0) is 21.6. The minimum Gasteiger partial charge on any atom is -0.493 e. The van der Waals surface area contributed by atoms with E-state index in [9.17, 15) is 4.79 Å². The van der Waals surface area contributed by atoms with Gasteiger partial charge in [0.1, 0.15) is 5.82 Å². The number of nitrogens with zero attached hydrogens (tertiary/aromatic N) is 3. The van der Waals surface area contributed by atoms with E-state index in [-0.39, 0.29) is 11.6 Å². The van der Waals surface area contributed by atoms with Crippen molar-refractivity contribution in [2.24, 2.45) is 0 Å². The third kappa shape index (κ3) is 4.94. The molecule has 0 bridgehead atoms. The van der Waals surface area contributed by atoms with Crippen molar-refractivity contribution in [2.75, 3.05) is 20.3 Å². The van der Waals surface area contributed by atoms with Crippen LogP contribution in [0.3, 0.4) is 0 Å². The van der Waals surface area contributed by atoms with Crippen LogP contribution >= 0.6 is 0 Å². The maximum atomic E-state index is 12.4. The van der Waals surface area contributed by atoms with Gasteiger partial charge in [-0.1, -0.05) is 12.5 Å². The molecule has 1 fully saturated rings. The molecule has 1 atom stereocenters. The van der Waals surface area contributed by atoms with Crippen molar-refractivity contribution in [3.63, 3.8) is 0 Å². The lowest BCUT2D eigenvalue weighted by molar-refractivity contribution is 0.137. The lowest BCUT2D eigenvalue weighted by Gasteiger charge is -2.35. The number of rotatable bonds is 7. The molecule has 1 aliphatic heterocycles. The predicted molar refractivity (Wildman–Crippen MR) is 119 cm³/mol. The van der Waals surface area contributed by atoms with E-state index in [1.807, 2.05) is 31.2 Å². The lowest BCUT2D eigenvalue weighted by Crippen LogP contribution is -2.34. The molecule has 1 N–H and O–H groups in total. The standard InChI is InChI=1S/C24H28N4O3/c1-3-31-22-13-17(9-10-21(22)30-2)16-28-12-5-4-8-20(28)19-14-23(29)27-24(26-19)18-7-6-11-25-15-18/h6-7,9-11,13-15,20H,3-5,8,12,16H2,1-2H3,(H,26,27,29)/t20-/m0/s1. The van der Waals surface area contributed by atoms with Gasteiger partial charge in [-0.3, -0.25) is 14.7 Å². The Bertz CT molecular complexity index is 1070. The highest BCUT2D eigenvalue weighted by Gasteiger charge is 2.26. The number of H-pyrrole nitrogens is 1. The van der Waals surface area contributed by atoms with Crippen molar-refractivity contribution in [2.45, 2.75) is 38.8 Å². The van der Waals surface area contributed by atoms with Crippen molar-refractivity contribution in [3.05, 3.63) is 70.4 Å². The molecule has 0 spiro atoms. The van der Waals surface area contributed by atoms with E-state index in [1.165, 1.54) is 0 Å². The Labute approximate surface area is 182 Å². The second-order valence-corrected chi connectivity index (χ2v) is 7.66. The van der Waals surface area contributed by atoms with Crippen LogP contribution in [0.25, 0.3) is 11.4 Å². The Balaban J connectivity index is 1.62. The van der Waals surface area contributed by atoms with Crippen LogP contribution in [0.2, 0.25) is 0 Å². The van der Waals surface area contributed by atoms with Gasteiger partial charge in [-0.15, -0.1) is 0 Å². The van der Waals surface area contributed by atoms with E-state index in [2.05, 4.69) is 20.9 Å². The first-order valence-electron chi connectivity index (χ1n) is 10.7. The van der Waals surface area contributed by atoms with E-state index in [1.54, 1.807) is 25.6 Å². The molecule has 4 rings (SSSR count). The molecule has 1 aliphatic rings. The highest BCUT2D eigenvalue weighted by molar-refractivity contribution is 5.52. The van der Waals surface area contributed by atoms with Gasteiger partial charge in [0.25, 0.3) is 5.56 Å². The number of benzene rings is 1. The molecule has 0 radical (unpaired) electrons. The van der Waals surface area contributed by atoms with Gasteiger partial charge < -0.3 is 14.5 Å². The molecule has 3 aromatic rings. The molecular formula is C24H28N4O3. The highest BCUT2D eigenvalue weighted by Crippen LogP contribution is 2.33. The molecular weight excluding hydrogens is 392 g/mol. The molecule has 0 saturated carbocycles. The quantitative estimate of drug-likeness (QED) is 0.623. The largest absolute Gasteiger partial charge is 0.493 e. The maximum absolute atomic E-state index is 12.4. The van der Waals surface area contributed by atoms with Crippen LogP contribution in [0.15, 0.2) is 53.6 Å². The highest BCUT2D eigenvalue weighted by atomic mass is 16.5. The molecule has 7 nitrogen and oxygen atoms in total. The SMILES string of the molecule is CCOc1cc(CN2CCCC[C@H]2c2cc(=O)[nH]c(-c3cccnc3)n2)ccc1OC. The molecule has 31 heavy (non-hydrogen) atoms. The molecule has 1 aromatic carbocycles. The normalized spacial score (nSPS) is 16.8. The Morgan fingerprint density at radius 2 is 2.10 bits per heavy atom. The summed E-state index contributed by atoms with van der Waals surface area (Å²) in [6.07, 6.45) is 6.64. The molecule has 7 heteroatoms. The first-order chi connectivity index (χ1) is 15.2. The minimum absolute atomic E-state index is 0.0871. The third-order valence-electron chi connectivity index (χ3n) is 5.57. The fourth-order valence-corrected chi connectivity index (χ4v) is 4.12. The molecule has 0 unspecified atom stereocenters. The Hall–Kier alpha value is -3.19. The van der Waals surface area contributed by atoms with Gasteiger partial charge in [-0.25, -0.2) is 4.98 Å². The summed E-state index contributed by atoms with van der Waals surface area (Å²) in [4.78, 5) is 26.6. The number of piperidine rings is 1. The average Bonchev–Trinajstić information content (AvgIpc) is 2.80. The second-order valence-electron chi connectivity index (χ2n) is 7.66. The number of aromatic amines is 1. The average molecular weight is 421 g/mol. The van der Waals surface area contributed by atoms with Crippen molar-refractivity contribution in [1.29, 1.82) is 0 Å². The summed E-state index contributed by atoms with van der Waals surface area (Å²) < 4.78 is 11.2. The van der Waals surface area contributed by atoms with E-state index >= 15 is 0 Å². The van der Waals surface area contributed by atoms with E-state index in [4.69, 9.17) is 14.5 Å². The van der Waals surface area contributed by atoms with Crippen LogP contribution in [0.4, 0.5) is 0 Å². The van der Waals surface area contributed by atoms with Crippen molar-refractivity contribution in [1.82, 2.24) is 19.9 Å². The van der Waals surface area contributed by atoms with Crippen LogP contribution in [0, 0.1) is 0 Å². The van der Waals surface area contributed by atoms with Crippen LogP contribution in [0.1, 0.15) is 43.5 Å². The number of aromatic nitrogens is 3. The zero-order valence-corrected chi connectivity index (χ0v) is 18.0. The Kier molecular flexibility index (Phi) is 6.62. The number of hydrogen-bond acceptors (Lipinski definition) is 6. The summed E-state index contributed by atoms with van der Waals surface area (Å²) in [6, 6.07) is 11.5. The molecule has 0 aliphatic carbocycles. The van der Waals surface area contributed by atoms with Gasteiger partial charge >= 0.3 is 0 Å². The number of likely N-dealkylation sites (tertiary alicyclic amines) is 1. The molecule has 3 heterocycles. The molecule has 1 saturated heterocycles. The van der Waals surface area contributed by atoms with Crippen molar-refractivity contribution >= 4 is 0 Å². The van der Waals surface area contributed by atoms with Gasteiger partial charge in [-0.2, -0.15) is 0 Å². The number of nitrogens with one attached hydrogen (secondary N) is 1. The van der Waals surface area contributed by atoms with E-state index in [0.717, 1.165) is 60.7 Å². The third-order valence-corrected chi connectivity index (χ3v) is 5.57. The van der Waals surface area contributed by atoms with Crippen LogP contribution in [-0.2, 0) is 6.54 Å². The maximum Gasteiger partial charge on any atom is 0.251 e. The number of ether oxygens (including phenoxy) is 2. The number of pyridine rings is 1. The van der Waals surface area contributed by atoms with Gasteiger partial charge in [0.15, 0.2) is 11.5 Å². The van der Waals surface area contributed by atoms with Crippen LogP contribution < -0.4 is 15.0 Å². The summed E-state index contributed by atoms with van der Waals surface area (Å²) in [5.41, 5.74) is 2.62. The predicted octanol–water partition coefficient (Wildman–Crippen LogP) is 3.97. The zero-order valence-electron chi connectivity index (χ0n) is 18.0. The van der Waals surface area contributed by atoms with Gasteiger partial charge in [0.05, 0.1) is 25.5 Å². The Morgan fingerprint density at radius 3 is 2.87 bits per heavy atom. The minimum atomic E-state index is -0.141. The van der Waals surface area contributed by atoms with Gasteiger partial charge in [0, 0.05) is 30.6 Å². The summed E-state index contributed by atoms with van der Waals surface area (Å²) in [7, 11) is 1.65. The van der Waals surface area contributed by atoms with Crippen LogP contribution in [-0.4, -0.2) is 40.1 Å². The summed E-state index contributed by atoms with van der Waals surface area (Å²) in [5, 5.41) is 0. The fraction of sp³-hybridized carbons (Fsp3) is 0.375. The van der Waals surface area contributed by atoms with E-state index in [0.29, 0.717) is 12.4 Å². The lowest BCUT2D eigenvalue weighted by atomic mass is 9.98. The monoisotopic (exact) mass is 420 g/mol. The summed E-state index contributed by atoms with van der Waals surface area (Å²) >= 11 is 0. The summed E-state index contributed by atoms with van der Waals surface area (Å²) in [5.74, 6) is 2.05. The Morgan fingerprint density at radius 1 is 1.19 bits per heavy atom. The van der Waals surface area contributed by atoms with Gasteiger partial charge in [-0.05, 0) is 56.1 Å². The van der Waals surface area contributed by atoms with Crippen LogP contribution in [0.5, 0.6) is 11.5 Å². The first-order valence-corrected chi connectivity index (χ1v) is 10.7. The van der Waals surface area contributed by atoms with Gasteiger partial charge in [0.2, 0.25) is 0 Å². The molecule has 2 aromatic heterocycles. The van der Waals surface area contributed by atoms with Crippen molar-refractivity contribution in [3.8, 4) is 22.9 Å². The summed E-state index contributed by atoms with van der Waals surface area (Å²) in [6.45, 7) is 4.26. The smallest absolute Gasteiger partial charge is 0.251 e. The molecule has 0 amide bonds. The fourth-order valence-electron chi connectivity index (χ4n) is 4.12. The first kappa shape index (κ1) is 21.1. The van der Waals surface area contributed by atoms with E-state index < -0.39 is 0 Å². The second kappa shape index (κ2) is 9.75.